The number of hydrogen-bond acceptors (Lipinski definition) is 1. The number of halogens is 1. The van der Waals surface area contributed by atoms with Gasteiger partial charge in [0.25, 0.3) is 0 Å². The Bertz CT molecular complexity index is 567. The minimum Gasteiger partial charge on any atom is -0.328 e. The van der Waals surface area contributed by atoms with Gasteiger partial charge in [-0.3, -0.25) is 4.79 Å². The highest BCUT2D eigenvalue weighted by atomic mass is 35.5. The summed E-state index contributed by atoms with van der Waals surface area (Å²) in [5.74, 6) is 0. The van der Waals surface area contributed by atoms with Gasteiger partial charge in [-0.15, -0.1) is 0 Å². The summed E-state index contributed by atoms with van der Waals surface area (Å²) in [6, 6.07) is 8.42. The van der Waals surface area contributed by atoms with E-state index >= 15 is 0 Å². The molecule has 0 amide bonds. The van der Waals surface area contributed by atoms with E-state index in [4.69, 9.17) is 11.6 Å². The van der Waals surface area contributed by atoms with E-state index in [9.17, 15) is 4.79 Å². The first-order chi connectivity index (χ1) is 8.33. The molecule has 0 N–H and O–H groups in total. The summed E-state index contributed by atoms with van der Waals surface area (Å²) in [5, 5.41) is 1.58. The third-order valence-electron chi connectivity index (χ3n) is 3.70. The van der Waals surface area contributed by atoms with Crippen LogP contribution in [0.2, 0.25) is 5.15 Å². The zero-order valence-corrected chi connectivity index (χ0v) is 10.3. The number of aromatic nitrogens is 1. The van der Waals surface area contributed by atoms with Crippen molar-refractivity contribution in [3.63, 3.8) is 0 Å². The summed E-state index contributed by atoms with van der Waals surface area (Å²) in [6.45, 7) is 0. The number of hydrogen-bond donors (Lipinski definition) is 0. The van der Waals surface area contributed by atoms with E-state index < -0.39 is 0 Å². The second-order valence-electron chi connectivity index (χ2n) is 4.65. The van der Waals surface area contributed by atoms with Crippen LogP contribution in [0.1, 0.15) is 42.1 Å². The molecule has 0 aliphatic heterocycles. The Morgan fingerprint density at radius 2 is 1.94 bits per heavy atom. The third kappa shape index (κ3) is 1.59. The summed E-state index contributed by atoms with van der Waals surface area (Å²) >= 11 is 6.36. The summed E-state index contributed by atoms with van der Waals surface area (Å²) in [5.41, 5.74) is 1.72. The summed E-state index contributed by atoms with van der Waals surface area (Å²) in [6.07, 6.45) is 5.71. The van der Waals surface area contributed by atoms with Crippen LogP contribution < -0.4 is 0 Å². The van der Waals surface area contributed by atoms with Gasteiger partial charge in [0, 0.05) is 11.4 Å². The highest BCUT2D eigenvalue weighted by Crippen LogP contribution is 2.38. The number of para-hydroxylation sites is 1. The monoisotopic (exact) mass is 247 g/mol. The van der Waals surface area contributed by atoms with E-state index in [0.717, 1.165) is 30.0 Å². The number of carbonyl (C=O) groups is 1. The fourth-order valence-electron chi connectivity index (χ4n) is 2.89. The molecule has 2 nitrogen and oxygen atoms in total. The molecule has 3 heteroatoms. The summed E-state index contributed by atoms with van der Waals surface area (Å²) in [7, 11) is 0. The van der Waals surface area contributed by atoms with Crippen molar-refractivity contribution in [2.75, 3.05) is 0 Å². The molecule has 0 spiro atoms. The highest BCUT2D eigenvalue weighted by molar-refractivity contribution is 6.34. The van der Waals surface area contributed by atoms with E-state index in [1.165, 1.54) is 12.8 Å². The van der Waals surface area contributed by atoms with Crippen LogP contribution in [0.4, 0.5) is 0 Å². The zero-order valence-electron chi connectivity index (χ0n) is 9.53. The Labute approximate surface area is 105 Å². The highest BCUT2D eigenvalue weighted by Gasteiger charge is 2.23. The van der Waals surface area contributed by atoms with Crippen LogP contribution in [-0.4, -0.2) is 10.9 Å². The van der Waals surface area contributed by atoms with Crippen molar-refractivity contribution in [1.82, 2.24) is 4.57 Å². The van der Waals surface area contributed by atoms with Gasteiger partial charge in [-0.05, 0) is 18.9 Å². The minimum absolute atomic E-state index is 0.459. The van der Waals surface area contributed by atoms with Crippen molar-refractivity contribution in [3.8, 4) is 0 Å². The quantitative estimate of drug-likeness (QED) is 0.729. The average molecular weight is 248 g/mol. The number of fused-ring (bicyclic) bond motifs is 1. The Balaban J connectivity index is 2.28. The van der Waals surface area contributed by atoms with Gasteiger partial charge in [-0.1, -0.05) is 42.6 Å². The smallest absolute Gasteiger partial charge is 0.153 e. The van der Waals surface area contributed by atoms with Gasteiger partial charge >= 0.3 is 0 Å². The van der Waals surface area contributed by atoms with Gasteiger partial charge in [-0.25, -0.2) is 0 Å². The normalized spacial score (nSPS) is 16.8. The van der Waals surface area contributed by atoms with Gasteiger partial charge in [0.1, 0.15) is 5.15 Å². The molecule has 17 heavy (non-hydrogen) atoms. The molecule has 0 radical (unpaired) electrons. The predicted octanol–water partition coefficient (Wildman–Crippen LogP) is 4.22. The molecule has 1 saturated carbocycles. The molecule has 1 aromatic heterocycles. The average Bonchev–Trinajstić information content (AvgIpc) is 2.93. The van der Waals surface area contributed by atoms with Crippen LogP contribution in [0.15, 0.2) is 24.3 Å². The second-order valence-corrected chi connectivity index (χ2v) is 5.01. The molecule has 88 valence electrons. The molecular weight excluding hydrogens is 234 g/mol. The molecule has 0 saturated heterocycles. The fourth-order valence-corrected chi connectivity index (χ4v) is 3.27. The standard InChI is InChI=1S/C14H14ClNO/c15-14-12(9-17)11-7-3-4-8-13(11)16(14)10-5-1-2-6-10/h3-4,7-10H,1-2,5-6H2. The third-order valence-corrected chi connectivity index (χ3v) is 4.08. The van der Waals surface area contributed by atoms with Gasteiger partial charge in [0.15, 0.2) is 6.29 Å². The molecule has 1 heterocycles. The topological polar surface area (TPSA) is 22.0 Å². The summed E-state index contributed by atoms with van der Waals surface area (Å²) < 4.78 is 2.15. The number of rotatable bonds is 2. The van der Waals surface area contributed by atoms with Crippen molar-refractivity contribution in [3.05, 3.63) is 35.0 Å². The lowest BCUT2D eigenvalue weighted by atomic mass is 10.2. The summed E-state index contributed by atoms with van der Waals surface area (Å²) in [4.78, 5) is 11.2. The van der Waals surface area contributed by atoms with Crippen molar-refractivity contribution >= 4 is 28.8 Å². The Morgan fingerprint density at radius 1 is 1.24 bits per heavy atom. The molecule has 2 aromatic rings. The van der Waals surface area contributed by atoms with Gasteiger partial charge in [0.2, 0.25) is 0 Å². The van der Waals surface area contributed by atoms with E-state index in [0.29, 0.717) is 16.8 Å². The Kier molecular flexibility index (Phi) is 2.67. The van der Waals surface area contributed by atoms with E-state index in [1.807, 2.05) is 24.3 Å². The lowest BCUT2D eigenvalue weighted by Gasteiger charge is -2.14. The molecule has 0 unspecified atom stereocenters. The first-order valence-corrected chi connectivity index (χ1v) is 6.44. The number of nitrogens with zero attached hydrogens (tertiary/aromatic N) is 1. The van der Waals surface area contributed by atoms with E-state index in [-0.39, 0.29) is 0 Å². The maximum Gasteiger partial charge on any atom is 0.153 e. The molecule has 1 aromatic carbocycles. The lowest BCUT2D eigenvalue weighted by molar-refractivity contribution is 0.112. The Morgan fingerprint density at radius 3 is 2.65 bits per heavy atom. The van der Waals surface area contributed by atoms with Crippen LogP contribution in [0.3, 0.4) is 0 Å². The van der Waals surface area contributed by atoms with Crippen molar-refractivity contribution in [2.24, 2.45) is 0 Å². The first-order valence-electron chi connectivity index (χ1n) is 6.06. The maximum atomic E-state index is 11.2. The Hall–Kier alpha value is -1.28. The molecule has 3 rings (SSSR count). The van der Waals surface area contributed by atoms with Crippen LogP contribution in [-0.2, 0) is 0 Å². The van der Waals surface area contributed by atoms with Crippen LogP contribution in [0, 0.1) is 0 Å². The first kappa shape index (κ1) is 10.8. The molecule has 0 atom stereocenters. The predicted molar refractivity (Wildman–Crippen MR) is 69.8 cm³/mol. The van der Waals surface area contributed by atoms with Crippen molar-refractivity contribution < 1.29 is 4.79 Å². The van der Waals surface area contributed by atoms with Gasteiger partial charge < -0.3 is 4.57 Å². The molecular formula is C14H14ClNO. The largest absolute Gasteiger partial charge is 0.328 e. The van der Waals surface area contributed by atoms with Crippen molar-refractivity contribution in [1.29, 1.82) is 0 Å². The van der Waals surface area contributed by atoms with E-state index in [1.54, 1.807) is 0 Å². The SMILES string of the molecule is O=Cc1c(Cl)n(C2CCCC2)c2ccccc12. The molecule has 1 fully saturated rings. The number of benzene rings is 1. The van der Waals surface area contributed by atoms with Crippen LogP contribution in [0.25, 0.3) is 10.9 Å². The fraction of sp³-hybridized carbons (Fsp3) is 0.357. The molecule has 0 bridgehead atoms. The maximum absolute atomic E-state index is 11.2. The van der Waals surface area contributed by atoms with Crippen molar-refractivity contribution in [2.45, 2.75) is 31.7 Å². The van der Waals surface area contributed by atoms with E-state index in [2.05, 4.69) is 4.57 Å². The van der Waals surface area contributed by atoms with Gasteiger partial charge in [-0.2, -0.15) is 0 Å². The molecule has 1 aliphatic carbocycles. The lowest BCUT2D eigenvalue weighted by Crippen LogP contribution is -2.04. The molecule has 1 aliphatic rings. The minimum atomic E-state index is 0.459. The second kappa shape index (κ2) is 4.19. The van der Waals surface area contributed by atoms with Crippen LogP contribution >= 0.6 is 11.6 Å². The van der Waals surface area contributed by atoms with Gasteiger partial charge in [0.05, 0.1) is 11.1 Å². The van der Waals surface area contributed by atoms with Crippen LogP contribution in [0.5, 0.6) is 0 Å². The number of carbonyl (C=O) groups excluding carboxylic acids is 1. The zero-order chi connectivity index (χ0) is 11.8. The number of aldehydes is 1.